The van der Waals surface area contributed by atoms with Crippen molar-refractivity contribution < 1.29 is 9.53 Å². The summed E-state index contributed by atoms with van der Waals surface area (Å²) < 4.78 is 6.97. The fourth-order valence-corrected chi connectivity index (χ4v) is 2.90. The number of pyridine rings is 1. The Labute approximate surface area is 141 Å². The number of aryl methyl sites for hydroxylation is 2. The molecule has 3 rings (SSSR count). The van der Waals surface area contributed by atoms with Gasteiger partial charge in [-0.25, -0.2) is 4.79 Å². The van der Waals surface area contributed by atoms with Gasteiger partial charge in [-0.15, -0.1) is 12.4 Å². The lowest BCUT2D eigenvalue weighted by atomic mass is 9.90. The third kappa shape index (κ3) is 3.23. The normalized spacial score (nSPS) is 12.1. The number of nitrogens with zero attached hydrogens (tertiary/aromatic N) is 3. The van der Waals surface area contributed by atoms with Gasteiger partial charge in [0.25, 0.3) is 0 Å². The Kier molecular flexibility index (Phi) is 5.74. The molecule has 2 N–H and O–H groups in total. The molecule has 2 heterocycles. The van der Waals surface area contributed by atoms with Crippen LogP contribution in [0.1, 0.15) is 35.0 Å². The molecule has 2 aromatic rings. The minimum Gasteiger partial charge on any atom is -0.461 e. The van der Waals surface area contributed by atoms with Crippen LogP contribution in [0.3, 0.4) is 0 Å². The first kappa shape index (κ1) is 17.4. The highest BCUT2D eigenvalue weighted by Gasteiger charge is 2.28. The summed E-state index contributed by atoms with van der Waals surface area (Å²) in [4.78, 5) is 16.5. The maximum atomic E-state index is 12.3. The Balaban J connectivity index is 0.00000192. The molecule has 1 aliphatic rings. The summed E-state index contributed by atoms with van der Waals surface area (Å²) in [5, 5.41) is 4.67. The number of hydrogen-bond donors (Lipinski definition) is 1. The topological polar surface area (TPSA) is 83.0 Å². The summed E-state index contributed by atoms with van der Waals surface area (Å²) in [6, 6.07) is 1.96. The summed E-state index contributed by atoms with van der Waals surface area (Å²) >= 11 is 0. The van der Waals surface area contributed by atoms with Crippen molar-refractivity contribution in [2.24, 2.45) is 5.73 Å². The van der Waals surface area contributed by atoms with Gasteiger partial charge < -0.3 is 10.5 Å². The highest BCUT2D eigenvalue weighted by Crippen LogP contribution is 2.34. The standard InChI is InChI=1S/C16H20N4O2.ClH/c1-2-22-16(21)15-13-5-4-11-10-18-8-6-12(11)14(13)19-20(15)9-3-7-17;/h6,8,10H,2-5,7,9,17H2,1H3;1H. The van der Waals surface area contributed by atoms with E-state index in [2.05, 4.69) is 10.1 Å². The van der Waals surface area contributed by atoms with Crippen molar-refractivity contribution in [3.8, 4) is 11.3 Å². The Morgan fingerprint density at radius 3 is 3.00 bits per heavy atom. The molecule has 0 unspecified atom stereocenters. The van der Waals surface area contributed by atoms with Crippen LogP contribution in [0.4, 0.5) is 0 Å². The van der Waals surface area contributed by atoms with Gasteiger partial charge in [0.1, 0.15) is 5.69 Å². The molecule has 0 bridgehead atoms. The van der Waals surface area contributed by atoms with Crippen molar-refractivity contribution in [1.82, 2.24) is 14.8 Å². The number of esters is 1. The van der Waals surface area contributed by atoms with E-state index in [-0.39, 0.29) is 18.4 Å². The minimum absolute atomic E-state index is 0. The molecule has 0 fully saturated rings. The van der Waals surface area contributed by atoms with E-state index in [1.54, 1.807) is 10.9 Å². The van der Waals surface area contributed by atoms with Gasteiger partial charge in [0.05, 0.1) is 12.3 Å². The highest BCUT2D eigenvalue weighted by molar-refractivity contribution is 5.92. The van der Waals surface area contributed by atoms with E-state index in [9.17, 15) is 4.79 Å². The quantitative estimate of drug-likeness (QED) is 0.844. The van der Waals surface area contributed by atoms with E-state index in [0.29, 0.717) is 25.4 Å². The molecule has 2 aromatic heterocycles. The fourth-order valence-electron chi connectivity index (χ4n) is 2.90. The molecule has 124 valence electrons. The van der Waals surface area contributed by atoms with Crippen LogP contribution in [-0.2, 0) is 24.1 Å². The number of nitrogens with two attached hydrogens (primary N) is 1. The first-order valence-corrected chi connectivity index (χ1v) is 7.66. The number of rotatable bonds is 5. The van der Waals surface area contributed by atoms with E-state index in [0.717, 1.165) is 36.1 Å². The number of aromatic nitrogens is 3. The molecule has 0 saturated heterocycles. The molecule has 6 nitrogen and oxygen atoms in total. The van der Waals surface area contributed by atoms with Crippen molar-refractivity contribution in [3.63, 3.8) is 0 Å². The molecule has 0 saturated carbocycles. The van der Waals surface area contributed by atoms with Gasteiger partial charge >= 0.3 is 5.97 Å². The molecule has 7 heteroatoms. The second kappa shape index (κ2) is 7.57. The second-order valence-electron chi connectivity index (χ2n) is 5.29. The van der Waals surface area contributed by atoms with Gasteiger partial charge in [0.15, 0.2) is 0 Å². The first-order valence-electron chi connectivity index (χ1n) is 7.66. The predicted molar refractivity (Wildman–Crippen MR) is 89.7 cm³/mol. The van der Waals surface area contributed by atoms with Gasteiger partial charge in [0, 0.05) is 30.1 Å². The Morgan fingerprint density at radius 2 is 2.26 bits per heavy atom. The molecule has 0 amide bonds. The number of carbonyl (C=O) groups excluding carboxylic acids is 1. The molecule has 0 spiro atoms. The van der Waals surface area contributed by atoms with Crippen LogP contribution in [0.15, 0.2) is 18.5 Å². The average molecular weight is 337 g/mol. The maximum Gasteiger partial charge on any atom is 0.356 e. The van der Waals surface area contributed by atoms with Crippen molar-refractivity contribution in [2.45, 2.75) is 32.7 Å². The summed E-state index contributed by atoms with van der Waals surface area (Å²) in [7, 11) is 0. The zero-order valence-corrected chi connectivity index (χ0v) is 13.9. The SMILES string of the molecule is CCOC(=O)c1c2c(nn1CCCN)-c1ccncc1CC2.Cl. The summed E-state index contributed by atoms with van der Waals surface area (Å²) in [5.74, 6) is -0.300. The van der Waals surface area contributed by atoms with E-state index in [1.807, 2.05) is 19.2 Å². The monoisotopic (exact) mass is 336 g/mol. The lowest BCUT2D eigenvalue weighted by Crippen LogP contribution is -2.17. The van der Waals surface area contributed by atoms with E-state index in [1.165, 1.54) is 5.56 Å². The molecule has 23 heavy (non-hydrogen) atoms. The van der Waals surface area contributed by atoms with E-state index in [4.69, 9.17) is 10.5 Å². The van der Waals surface area contributed by atoms with Crippen LogP contribution >= 0.6 is 12.4 Å². The van der Waals surface area contributed by atoms with Gasteiger partial charge in [-0.2, -0.15) is 5.10 Å². The third-order valence-corrected chi connectivity index (χ3v) is 3.90. The van der Waals surface area contributed by atoms with Crippen LogP contribution in [0.2, 0.25) is 0 Å². The zero-order valence-electron chi connectivity index (χ0n) is 13.1. The Morgan fingerprint density at radius 1 is 1.43 bits per heavy atom. The number of halogens is 1. The van der Waals surface area contributed by atoms with Crippen molar-refractivity contribution in [3.05, 3.63) is 35.3 Å². The van der Waals surface area contributed by atoms with Crippen LogP contribution in [0.25, 0.3) is 11.3 Å². The molecule has 1 aliphatic carbocycles. The Hall–Kier alpha value is -1.92. The number of ether oxygens (including phenoxy) is 1. The van der Waals surface area contributed by atoms with Crippen LogP contribution in [0, 0.1) is 0 Å². The summed E-state index contributed by atoms with van der Waals surface area (Å²) in [5.41, 5.74) is 10.3. The highest BCUT2D eigenvalue weighted by atomic mass is 35.5. The number of carbonyl (C=O) groups is 1. The molecule has 0 radical (unpaired) electrons. The number of fused-ring (bicyclic) bond motifs is 3. The Bertz CT molecular complexity index is 699. The lowest BCUT2D eigenvalue weighted by molar-refractivity contribution is 0.0510. The lowest BCUT2D eigenvalue weighted by Gasteiger charge is -2.14. The zero-order chi connectivity index (χ0) is 15.5. The summed E-state index contributed by atoms with van der Waals surface area (Å²) in [6.07, 6.45) is 6.06. The van der Waals surface area contributed by atoms with Crippen molar-refractivity contribution in [2.75, 3.05) is 13.2 Å². The molecule has 0 aliphatic heterocycles. The average Bonchev–Trinajstić information content (AvgIpc) is 2.92. The maximum absolute atomic E-state index is 12.3. The number of hydrogen-bond acceptors (Lipinski definition) is 5. The van der Waals surface area contributed by atoms with Gasteiger partial charge in [-0.05, 0) is 44.4 Å². The van der Waals surface area contributed by atoms with Gasteiger partial charge in [0.2, 0.25) is 0 Å². The molecular weight excluding hydrogens is 316 g/mol. The molecular formula is C16H21ClN4O2. The van der Waals surface area contributed by atoms with Crippen molar-refractivity contribution in [1.29, 1.82) is 0 Å². The minimum atomic E-state index is -0.300. The van der Waals surface area contributed by atoms with E-state index >= 15 is 0 Å². The van der Waals surface area contributed by atoms with Crippen LogP contribution in [-0.4, -0.2) is 33.9 Å². The molecule has 0 atom stereocenters. The fraction of sp³-hybridized carbons (Fsp3) is 0.438. The first-order chi connectivity index (χ1) is 10.8. The largest absolute Gasteiger partial charge is 0.461 e. The predicted octanol–water partition coefficient (Wildman–Crippen LogP) is 1.99. The molecule has 0 aromatic carbocycles. The smallest absolute Gasteiger partial charge is 0.356 e. The van der Waals surface area contributed by atoms with Gasteiger partial charge in [-0.3, -0.25) is 9.67 Å². The second-order valence-corrected chi connectivity index (χ2v) is 5.29. The van der Waals surface area contributed by atoms with Crippen molar-refractivity contribution >= 4 is 18.4 Å². The summed E-state index contributed by atoms with van der Waals surface area (Å²) in [6.45, 7) is 3.35. The van der Waals surface area contributed by atoms with Gasteiger partial charge in [-0.1, -0.05) is 0 Å². The van der Waals surface area contributed by atoms with Crippen LogP contribution < -0.4 is 5.73 Å². The third-order valence-electron chi connectivity index (χ3n) is 3.90. The van der Waals surface area contributed by atoms with E-state index < -0.39 is 0 Å². The van der Waals surface area contributed by atoms with Crippen LogP contribution in [0.5, 0.6) is 0 Å².